The highest BCUT2D eigenvalue weighted by atomic mass is 19.2. The average Bonchev–Trinajstić information content (AvgIpc) is 3.16. The molecule has 0 atom stereocenters. The Morgan fingerprint density at radius 3 is 2.34 bits per heavy atom. The summed E-state index contributed by atoms with van der Waals surface area (Å²) in [6, 6.07) is 5.91. The minimum Gasteiger partial charge on any atom is -0.465 e. The number of halogens is 4. The summed E-state index contributed by atoms with van der Waals surface area (Å²) in [4.78, 5) is 23.6. The van der Waals surface area contributed by atoms with Crippen molar-refractivity contribution >= 4 is 17.6 Å². The van der Waals surface area contributed by atoms with Gasteiger partial charge in [0, 0.05) is 23.4 Å². The van der Waals surface area contributed by atoms with Crippen molar-refractivity contribution in [2.45, 2.75) is 6.54 Å². The summed E-state index contributed by atoms with van der Waals surface area (Å²) in [6.07, 6.45) is 2.48. The van der Waals surface area contributed by atoms with E-state index in [4.69, 9.17) is 0 Å². The smallest absolute Gasteiger partial charge is 0.337 e. The van der Waals surface area contributed by atoms with Crippen molar-refractivity contribution in [2.75, 3.05) is 12.4 Å². The van der Waals surface area contributed by atoms with E-state index in [1.54, 1.807) is 0 Å². The number of nitrogens with zero attached hydrogens (tertiary/aromatic N) is 2. The van der Waals surface area contributed by atoms with E-state index in [0.717, 1.165) is 4.68 Å². The maximum Gasteiger partial charge on any atom is 0.337 e. The zero-order valence-electron chi connectivity index (χ0n) is 14.9. The van der Waals surface area contributed by atoms with Crippen LogP contribution < -0.4 is 5.32 Å². The number of ether oxygens (including phenoxy) is 1. The van der Waals surface area contributed by atoms with Gasteiger partial charge in [-0.3, -0.25) is 9.48 Å². The number of esters is 1. The summed E-state index contributed by atoms with van der Waals surface area (Å²) in [5.41, 5.74) is 0.00858. The van der Waals surface area contributed by atoms with E-state index in [2.05, 4.69) is 15.2 Å². The van der Waals surface area contributed by atoms with Crippen LogP contribution in [0.2, 0.25) is 0 Å². The molecule has 0 spiro atoms. The third-order valence-corrected chi connectivity index (χ3v) is 3.99. The van der Waals surface area contributed by atoms with Crippen molar-refractivity contribution in [1.29, 1.82) is 0 Å². The first-order valence-corrected chi connectivity index (χ1v) is 8.14. The minimum absolute atomic E-state index is 0.204. The van der Waals surface area contributed by atoms with Gasteiger partial charge in [-0.25, -0.2) is 22.4 Å². The highest BCUT2D eigenvalue weighted by Crippen LogP contribution is 2.20. The molecular formula is C19H13F4N3O3. The van der Waals surface area contributed by atoms with E-state index >= 15 is 0 Å². The summed E-state index contributed by atoms with van der Waals surface area (Å²) in [7, 11) is 1.23. The molecule has 0 saturated carbocycles. The van der Waals surface area contributed by atoms with Gasteiger partial charge < -0.3 is 10.1 Å². The van der Waals surface area contributed by atoms with Crippen LogP contribution in [0.5, 0.6) is 0 Å². The lowest BCUT2D eigenvalue weighted by molar-refractivity contribution is 0.0600. The lowest BCUT2D eigenvalue weighted by Crippen LogP contribution is -2.12. The van der Waals surface area contributed by atoms with Crippen LogP contribution in [0, 0.1) is 23.3 Å². The molecule has 29 heavy (non-hydrogen) atoms. The van der Waals surface area contributed by atoms with Crippen molar-refractivity contribution in [1.82, 2.24) is 9.78 Å². The number of hydrogen-bond donors (Lipinski definition) is 1. The number of amides is 1. The van der Waals surface area contributed by atoms with Gasteiger partial charge >= 0.3 is 5.97 Å². The van der Waals surface area contributed by atoms with E-state index in [0.29, 0.717) is 0 Å². The second kappa shape index (κ2) is 8.13. The fourth-order valence-corrected chi connectivity index (χ4v) is 2.50. The van der Waals surface area contributed by atoms with E-state index < -0.39 is 47.3 Å². The molecule has 150 valence electrons. The van der Waals surface area contributed by atoms with Gasteiger partial charge in [-0.15, -0.1) is 0 Å². The van der Waals surface area contributed by atoms with Gasteiger partial charge in [0.05, 0.1) is 31.1 Å². The first kappa shape index (κ1) is 20.1. The van der Waals surface area contributed by atoms with Gasteiger partial charge in [0.15, 0.2) is 17.5 Å². The topological polar surface area (TPSA) is 73.2 Å². The zero-order valence-corrected chi connectivity index (χ0v) is 14.9. The zero-order chi connectivity index (χ0) is 21.1. The Balaban J connectivity index is 1.72. The molecule has 1 amide bonds. The number of benzene rings is 2. The molecule has 0 radical (unpaired) electrons. The van der Waals surface area contributed by atoms with Crippen molar-refractivity contribution < 1.29 is 31.9 Å². The molecule has 0 saturated heterocycles. The molecule has 2 aromatic carbocycles. The van der Waals surface area contributed by atoms with Crippen molar-refractivity contribution in [2.24, 2.45) is 0 Å². The van der Waals surface area contributed by atoms with Crippen LogP contribution in [0.15, 0.2) is 42.7 Å². The van der Waals surface area contributed by atoms with E-state index in [-0.39, 0.29) is 22.9 Å². The van der Waals surface area contributed by atoms with Gasteiger partial charge in [0.1, 0.15) is 5.82 Å². The molecule has 1 heterocycles. The molecular weight excluding hydrogens is 394 g/mol. The maximum absolute atomic E-state index is 13.8. The Morgan fingerprint density at radius 2 is 1.69 bits per heavy atom. The molecule has 1 aromatic heterocycles. The fourth-order valence-electron chi connectivity index (χ4n) is 2.50. The quantitative estimate of drug-likeness (QED) is 0.304. The predicted octanol–water partition coefficient (Wildman–Crippen LogP) is 3.53. The molecule has 0 fully saturated rings. The molecule has 1 N–H and O–H groups in total. The number of nitrogens with one attached hydrogen (secondary N) is 1. The molecule has 3 rings (SSSR count). The monoisotopic (exact) mass is 407 g/mol. The van der Waals surface area contributed by atoms with Gasteiger partial charge in [0.2, 0.25) is 0 Å². The second-order valence-corrected chi connectivity index (χ2v) is 5.90. The van der Waals surface area contributed by atoms with Crippen LogP contribution in [0.1, 0.15) is 26.3 Å². The third kappa shape index (κ3) is 4.26. The second-order valence-electron chi connectivity index (χ2n) is 5.90. The number of carbonyl (C=O) groups excluding carboxylic acids is 2. The minimum atomic E-state index is -1.78. The van der Waals surface area contributed by atoms with Gasteiger partial charge in [-0.2, -0.15) is 5.10 Å². The molecule has 0 aliphatic rings. The fraction of sp³-hybridized carbons (Fsp3) is 0.105. The van der Waals surface area contributed by atoms with Gasteiger partial charge in [-0.1, -0.05) is 0 Å². The summed E-state index contributed by atoms with van der Waals surface area (Å²) >= 11 is 0. The molecule has 6 nitrogen and oxygen atoms in total. The average molecular weight is 407 g/mol. The molecule has 0 aliphatic heterocycles. The molecule has 0 bridgehead atoms. The number of anilines is 1. The van der Waals surface area contributed by atoms with E-state index in [9.17, 15) is 27.2 Å². The van der Waals surface area contributed by atoms with Crippen LogP contribution in [0.4, 0.5) is 23.2 Å². The highest BCUT2D eigenvalue weighted by Gasteiger charge is 2.19. The number of carbonyl (C=O) groups is 2. The molecule has 0 aliphatic carbocycles. The van der Waals surface area contributed by atoms with Crippen LogP contribution in [0.25, 0.3) is 0 Å². The maximum atomic E-state index is 13.8. The van der Waals surface area contributed by atoms with Crippen LogP contribution >= 0.6 is 0 Å². The number of methoxy groups -OCH3 is 1. The number of aromatic nitrogens is 2. The Morgan fingerprint density at radius 1 is 1.03 bits per heavy atom. The van der Waals surface area contributed by atoms with Crippen LogP contribution in [-0.4, -0.2) is 28.8 Å². The largest absolute Gasteiger partial charge is 0.465 e. The molecule has 3 aromatic rings. The summed E-state index contributed by atoms with van der Waals surface area (Å²) in [5, 5.41) is 6.35. The summed E-state index contributed by atoms with van der Waals surface area (Å²) < 4.78 is 59.4. The lowest BCUT2D eigenvalue weighted by Gasteiger charge is -2.07. The van der Waals surface area contributed by atoms with Gasteiger partial charge in [-0.05, 0) is 24.3 Å². The normalized spacial score (nSPS) is 10.7. The highest BCUT2D eigenvalue weighted by molar-refractivity contribution is 6.04. The first-order chi connectivity index (χ1) is 13.8. The Labute approximate surface area is 161 Å². The first-order valence-electron chi connectivity index (χ1n) is 8.14. The Hall–Kier alpha value is -3.69. The molecule has 0 unspecified atom stereocenters. The van der Waals surface area contributed by atoms with Crippen LogP contribution in [0.3, 0.4) is 0 Å². The summed E-state index contributed by atoms with van der Waals surface area (Å²) in [5.74, 6) is -7.38. The van der Waals surface area contributed by atoms with Gasteiger partial charge in [0.25, 0.3) is 5.91 Å². The lowest BCUT2D eigenvalue weighted by atomic mass is 10.1. The standard InChI is InChI=1S/C19H13F4N3O3/c1-29-19(28)11-4-2-10(3-5-11)18(27)25-12-7-24-26(8-12)9-13-14(20)6-15(21)17(23)16(13)22/h2-8H,9H2,1H3,(H,25,27). The van der Waals surface area contributed by atoms with Crippen molar-refractivity contribution in [3.05, 3.63) is 82.7 Å². The number of hydrogen-bond acceptors (Lipinski definition) is 4. The SMILES string of the molecule is COC(=O)c1ccc(C(=O)Nc2cnn(Cc3c(F)cc(F)c(F)c3F)c2)cc1. The molecule has 10 heteroatoms. The Kier molecular flexibility index (Phi) is 5.62. The number of rotatable bonds is 5. The third-order valence-electron chi connectivity index (χ3n) is 3.99. The summed E-state index contributed by atoms with van der Waals surface area (Å²) in [6.45, 7) is -0.515. The van der Waals surface area contributed by atoms with E-state index in [1.807, 2.05) is 0 Å². The van der Waals surface area contributed by atoms with Crippen molar-refractivity contribution in [3.63, 3.8) is 0 Å². The van der Waals surface area contributed by atoms with Crippen LogP contribution in [-0.2, 0) is 11.3 Å². The predicted molar refractivity (Wildman–Crippen MR) is 93.3 cm³/mol. The van der Waals surface area contributed by atoms with E-state index in [1.165, 1.54) is 43.8 Å². The van der Waals surface area contributed by atoms with Crippen molar-refractivity contribution in [3.8, 4) is 0 Å². The Bertz CT molecular complexity index is 1080.